The zero-order chi connectivity index (χ0) is 14.7. The Morgan fingerprint density at radius 2 is 2.00 bits per heavy atom. The number of carbonyl (C=O) groups excluding carboxylic acids is 1. The molecule has 2 rings (SSSR count). The van der Waals surface area contributed by atoms with Crippen molar-refractivity contribution in [1.82, 2.24) is 9.78 Å². The van der Waals surface area contributed by atoms with E-state index in [2.05, 4.69) is 5.10 Å². The highest BCUT2D eigenvalue weighted by atomic mass is 19.1. The van der Waals surface area contributed by atoms with Gasteiger partial charge in [-0.15, -0.1) is 0 Å². The molecule has 106 valence electrons. The minimum absolute atomic E-state index is 0.191. The predicted molar refractivity (Wildman–Crippen MR) is 71.8 cm³/mol. The van der Waals surface area contributed by atoms with Crippen molar-refractivity contribution in [3.05, 3.63) is 52.3 Å². The Kier molecular flexibility index (Phi) is 4.27. The first-order chi connectivity index (χ1) is 9.60. The maximum atomic E-state index is 13.7. The second-order valence-electron chi connectivity index (χ2n) is 4.53. The van der Waals surface area contributed by atoms with Crippen LogP contribution in [0, 0.1) is 11.6 Å². The van der Waals surface area contributed by atoms with Crippen molar-refractivity contribution in [2.45, 2.75) is 33.2 Å². The molecule has 0 spiro atoms. The Morgan fingerprint density at radius 1 is 1.25 bits per heavy atom. The fourth-order valence-corrected chi connectivity index (χ4v) is 2.28. The van der Waals surface area contributed by atoms with Crippen LogP contribution in [0.5, 0.6) is 0 Å². The fourth-order valence-electron chi connectivity index (χ4n) is 2.28. The highest BCUT2D eigenvalue weighted by Crippen LogP contribution is 2.17. The zero-order valence-electron chi connectivity index (χ0n) is 11.5. The second-order valence-corrected chi connectivity index (χ2v) is 4.53. The first-order valence-electron chi connectivity index (χ1n) is 6.58. The fraction of sp³-hybridized carbons (Fsp3) is 0.333. The lowest BCUT2D eigenvalue weighted by Crippen LogP contribution is -2.08. The van der Waals surface area contributed by atoms with Gasteiger partial charge in [-0.3, -0.25) is 9.48 Å². The van der Waals surface area contributed by atoms with Gasteiger partial charge in [-0.25, -0.2) is 8.78 Å². The van der Waals surface area contributed by atoms with Gasteiger partial charge in [0.15, 0.2) is 6.29 Å². The number of hydrogen-bond acceptors (Lipinski definition) is 2. The molecule has 1 aromatic heterocycles. The molecular weight excluding hydrogens is 262 g/mol. The summed E-state index contributed by atoms with van der Waals surface area (Å²) < 4.78 is 28.2. The van der Waals surface area contributed by atoms with Gasteiger partial charge in [0.2, 0.25) is 0 Å². The van der Waals surface area contributed by atoms with E-state index in [1.54, 1.807) is 4.68 Å². The molecule has 1 aromatic carbocycles. The lowest BCUT2D eigenvalue weighted by Gasteiger charge is -2.07. The molecule has 0 fully saturated rings. The van der Waals surface area contributed by atoms with Crippen LogP contribution in [0.15, 0.2) is 18.2 Å². The summed E-state index contributed by atoms with van der Waals surface area (Å²) in [4.78, 5) is 11.2. The highest BCUT2D eigenvalue weighted by Gasteiger charge is 2.16. The van der Waals surface area contributed by atoms with Crippen LogP contribution in [-0.4, -0.2) is 16.1 Å². The molecule has 0 saturated carbocycles. The Morgan fingerprint density at radius 3 is 2.55 bits per heavy atom. The molecule has 0 amide bonds. The molecule has 5 heteroatoms. The third-order valence-corrected chi connectivity index (χ3v) is 3.30. The molecule has 0 bridgehead atoms. The average Bonchev–Trinajstić information content (AvgIpc) is 2.78. The van der Waals surface area contributed by atoms with E-state index in [1.165, 1.54) is 12.1 Å². The van der Waals surface area contributed by atoms with E-state index < -0.39 is 11.6 Å². The highest BCUT2D eigenvalue weighted by molar-refractivity contribution is 5.78. The number of hydrogen-bond donors (Lipinski definition) is 0. The van der Waals surface area contributed by atoms with E-state index in [0.717, 1.165) is 18.0 Å². The van der Waals surface area contributed by atoms with Gasteiger partial charge < -0.3 is 0 Å². The molecule has 0 saturated heterocycles. The molecule has 0 atom stereocenters. The van der Waals surface area contributed by atoms with E-state index in [9.17, 15) is 13.6 Å². The maximum absolute atomic E-state index is 13.7. The molecular formula is C15H16F2N2O. The number of aromatic nitrogens is 2. The van der Waals surface area contributed by atoms with Crippen LogP contribution in [0.25, 0.3) is 0 Å². The Bertz CT molecular complexity index is 635. The summed E-state index contributed by atoms with van der Waals surface area (Å²) in [5, 5.41) is 4.35. The van der Waals surface area contributed by atoms with Crippen molar-refractivity contribution >= 4 is 6.29 Å². The van der Waals surface area contributed by atoms with Gasteiger partial charge in [0.05, 0.1) is 17.8 Å². The average molecular weight is 278 g/mol. The molecule has 0 aliphatic rings. The topological polar surface area (TPSA) is 34.9 Å². The first kappa shape index (κ1) is 14.4. The number of benzene rings is 1. The first-order valence-corrected chi connectivity index (χ1v) is 6.58. The number of aryl methyl sites for hydroxylation is 1. The van der Waals surface area contributed by atoms with Crippen LogP contribution < -0.4 is 0 Å². The van der Waals surface area contributed by atoms with Gasteiger partial charge >= 0.3 is 0 Å². The van der Waals surface area contributed by atoms with Crippen molar-refractivity contribution in [2.75, 3.05) is 0 Å². The summed E-state index contributed by atoms with van der Waals surface area (Å²) in [5.41, 5.74) is 2.42. The van der Waals surface area contributed by atoms with Crippen molar-refractivity contribution in [3.8, 4) is 0 Å². The van der Waals surface area contributed by atoms with Crippen LogP contribution in [-0.2, 0) is 19.4 Å². The third-order valence-electron chi connectivity index (χ3n) is 3.30. The van der Waals surface area contributed by atoms with Gasteiger partial charge in [-0.1, -0.05) is 19.9 Å². The number of nitrogens with zero attached hydrogens (tertiary/aromatic N) is 2. The monoisotopic (exact) mass is 278 g/mol. The normalized spacial score (nSPS) is 10.8. The third kappa shape index (κ3) is 2.61. The minimum atomic E-state index is -0.606. The summed E-state index contributed by atoms with van der Waals surface area (Å²) in [6, 6.07) is 3.47. The molecule has 0 radical (unpaired) electrons. The lowest BCUT2D eigenvalue weighted by atomic mass is 10.1. The number of halogens is 2. The van der Waals surface area contributed by atoms with Gasteiger partial charge in [0, 0.05) is 17.3 Å². The van der Waals surface area contributed by atoms with E-state index in [4.69, 9.17) is 0 Å². The van der Waals surface area contributed by atoms with E-state index >= 15 is 0 Å². The molecule has 0 N–H and O–H groups in total. The molecule has 3 nitrogen and oxygen atoms in total. The Balaban J connectivity index is 2.42. The SMILES string of the molecule is CCc1nn(Cc2ccc(F)cc2F)c(CC)c1C=O. The van der Waals surface area contributed by atoms with Crippen molar-refractivity contribution in [2.24, 2.45) is 0 Å². The van der Waals surface area contributed by atoms with Crippen LogP contribution in [0.3, 0.4) is 0 Å². The summed E-state index contributed by atoms with van der Waals surface area (Å²) in [6.07, 6.45) is 2.06. The van der Waals surface area contributed by atoms with E-state index in [-0.39, 0.29) is 6.54 Å². The van der Waals surface area contributed by atoms with Crippen LogP contribution >= 0.6 is 0 Å². The molecule has 1 heterocycles. The number of carbonyl (C=O) groups is 1. The van der Waals surface area contributed by atoms with Crippen molar-refractivity contribution in [3.63, 3.8) is 0 Å². The quantitative estimate of drug-likeness (QED) is 0.787. The number of aldehydes is 1. The number of rotatable bonds is 5. The lowest BCUT2D eigenvalue weighted by molar-refractivity contribution is 0.112. The minimum Gasteiger partial charge on any atom is -0.298 e. The summed E-state index contributed by atoms with van der Waals surface area (Å²) >= 11 is 0. The molecule has 0 unspecified atom stereocenters. The molecule has 0 aliphatic carbocycles. The molecule has 20 heavy (non-hydrogen) atoms. The zero-order valence-corrected chi connectivity index (χ0v) is 11.5. The van der Waals surface area contributed by atoms with Crippen molar-refractivity contribution in [1.29, 1.82) is 0 Å². The summed E-state index contributed by atoms with van der Waals surface area (Å²) in [5.74, 6) is -1.21. The van der Waals surface area contributed by atoms with E-state index in [1.807, 2.05) is 13.8 Å². The van der Waals surface area contributed by atoms with Crippen LogP contribution in [0.1, 0.15) is 41.2 Å². The standard InChI is InChI=1S/C15H16F2N2O/c1-3-14-12(9-20)15(4-2)19(18-14)8-10-5-6-11(16)7-13(10)17/h5-7,9H,3-4,8H2,1-2H3. The molecule has 0 aliphatic heterocycles. The van der Waals surface area contributed by atoms with Crippen LogP contribution in [0.2, 0.25) is 0 Å². The van der Waals surface area contributed by atoms with E-state index in [0.29, 0.717) is 29.7 Å². The smallest absolute Gasteiger partial charge is 0.153 e. The largest absolute Gasteiger partial charge is 0.298 e. The van der Waals surface area contributed by atoms with Gasteiger partial charge in [-0.2, -0.15) is 5.10 Å². The second kappa shape index (κ2) is 5.94. The van der Waals surface area contributed by atoms with Crippen LogP contribution in [0.4, 0.5) is 8.78 Å². The summed E-state index contributed by atoms with van der Waals surface area (Å²) in [7, 11) is 0. The van der Waals surface area contributed by atoms with Crippen molar-refractivity contribution < 1.29 is 13.6 Å². The molecule has 2 aromatic rings. The van der Waals surface area contributed by atoms with Gasteiger partial charge in [-0.05, 0) is 18.9 Å². The Labute approximate surface area is 116 Å². The summed E-state index contributed by atoms with van der Waals surface area (Å²) in [6.45, 7) is 4.02. The van der Waals surface area contributed by atoms with Gasteiger partial charge in [0.1, 0.15) is 11.6 Å². The van der Waals surface area contributed by atoms with Gasteiger partial charge in [0.25, 0.3) is 0 Å². The Hall–Kier alpha value is -2.04. The maximum Gasteiger partial charge on any atom is 0.153 e. The predicted octanol–water partition coefficient (Wildman–Crippen LogP) is 3.15.